The number of hydrogen-bond acceptors (Lipinski definition) is 12. The van der Waals surface area contributed by atoms with E-state index in [1.54, 1.807) is 40.0 Å². The Labute approximate surface area is 347 Å². The highest BCUT2D eigenvalue weighted by Gasteiger charge is 2.46. The predicted molar refractivity (Wildman–Crippen MR) is 222 cm³/mol. The molecule has 60 heavy (non-hydrogen) atoms. The van der Waals surface area contributed by atoms with Crippen molar-refractivity contribution in [3.8, 4) is 5.75 Å². The van der Waals surface area contributed by atoms with Gasteiger partial charge in [-0.3, -0.25) is 19.1 Å². The molecule has 0 bridgehead atoms. The van der Waals surface area contributed by atoms with Crippen molar-refractivity contribution in [3.63, 3.8) is 0 Å². The van der Waals surface area contributed by atoms with Gasteiger partial charge in [0.05, 0.1) is 18.6 Å². The molecule has 5 aliphatic rings. The topological polar surface area (TPSA) is 181 Å². The highest BCUT2D eigenvalue weighted by molar-refractivity contribution is 7.89. The van der Waals surface area contributed by atoms with Crippen LogP contribution in [-0.2, 0) is 32.7 Å². The van der Waals surface area contributed by atoms with Crippen molar-refractivity contribution in [2.24, 2.45) is 16.5 Å². The maximum Gasteiger partial charge on any atom is 0.257 e. The third-order valence-corrected chi connectivity index (χ3v) is 14.1. The van der Waals surface area contributed by atoms with E-state index in [1.807, 2.05) is 36.5 Å². The summed E-state index contributed by atoms with van der Waals surface area (Å²) in [6.45, 7) is 7.39. The van der Waals surface area contributed by atoms with Crippen LogP contribution in [0.4, 0.5) is 17.2 Å². The van der Waals surface area contributed by atoms with Crippen LogP contribution in [0, 0.1) is 11.3 Å². The summed E-state index contributed by atoms with van der Waals surface area (Å²) < 4.78 is 37.1. The fraction of sp³-hybridized carbons (Fsp3) is 0.419. The van der Waals surface area contributed by atoms with E-state index in [0.29, 0.717) is 34.7 Å². The molecule has 3 aromatic carbocycles. The number of primary sulfonamides is 1. The summed E-state index contributed by atoms with van der Waals surface area (Å²) in [4.78, 5) is 51.8. The van der Waals surface area contributed by atoms with Crippen LogP contribution < -0.4 is 24.6 Å². The molecule has 0 radical (unpaired) electrons. The highest BCUT2D eigenvalue weighted by Crippen LogP contribution is 2.43. The number of benzene rings is 3. The second-order valence-corrected chi connectivity index (χ2v) is 18.6. The second-order valence-electron chi connectivity index (χ2n) is 17.1. The summed E-state index contributed by atoms with van der Waals surface area (Å²) in [6.07, 6.45) is 7.07. The van der Waals surface area contributed by atoms with Crippen LogP contribution in [0.2, 0.25) is 0 Å². The number of imide groups is 1. The van der Waals surface area contributed by atoms with Crippen LogP contribution in [0.5, 0.6) is 5.75 Å². The van der Waals surface area contributed by atoms with Crippen LogP contribution in [0.25, 0.3) is 11.0 Å². The lowest BCUT2D eigenvalue weighted by molar-refractivity contribution is -0.132. The Hall–Kier alpha value is -5.78. The van der Waals surface area contributed by atoms with Gasteiger partial charge in [0.2, 0.25) is 15.9 Å². The molecule has 10 rings (SSSR count). The van der Waals surface area contributed by atoms with E-state index >= 15 is 0 Å². The number of methoxy groups -OCH3 is 1. The molecule has 3 atom stereocenters. The smallest absolute Gasteiger partial charge is 0.257 e. The van der Waals surface area contributed by atoms with E-state index in [9.17, 15) is 22.8 Å². The van der Waals surface area contributed by atoms with Gasteiger partial charge < -0.3 is 28.9 Å². The first-order chi connectivity index (χ1) is 28.9. The largest absolute Gasteiger partial charge is 0.496 e. The van der Waals surface area contributed by atoms with Crippen LogP contribution in [0.1, 0.15) is 53.6 Å². The van der Waals surface area contributed by atoms with Gasteiger partial charge in [-0.05, 0) is 97.8 Å². The maximum absolute atomic E-state index is 14.2. The molecule has 17 heteroatoms. The zero-order valence-corrected chi connectivity index (χ0v) is 34.2. The molecule has 312 valence electrons. The number of carbonyl (C=O) groups is 3. The SMILES string of the molecule is COc1cc(Cn2cccn2)cc2onc(N3C(=O)CCC(N4Cc5ccc(N6CCC(CN7CCC8(CCN(c9cccc(S(N)(=O)=O)c9)C8)C7)C6)cc5C4=O)C3=O)c12. The van der Waals surface area contributed by atoms with Crippen molar-refractivity contribution in [1.29, 1.82) is 0 Å². The number of nitrogens with zero attached hydrogens (tertiary/aromatic N) is 8. The predicted octanol–water partition coefficient (Wildman–Crippen LogP) is 3.84. The number of ether oxygens (including phenoxy) is 1. The molecule has 3 amide bonds. The van der Waals surface area contributed by atoms with Gasteiger partial charge in [-0.2, -0.15) is 5.10 Å². The van der Waals surface area contributed by atoms with Gasteiger partial charge in [0.1, 0.15) is 17.2 Å². The van der Waals surface area contributed by atoms with Gasteiger partial charge in [0.15, 0.2) is 11.4 Å². The lowest BCUT2D eigenvalue weighted by Crippen LogP contribution is -2.55. The van der Waals surface area contributed by atoms with E-state index in [4.69, 9.17) is 14.4 Å². The van der Waals surface area contributed by atoms with Crippen LogP contribution >= 0.6 is 0 Å². The van der Waals surface area contributed by atoms with Gasteiger partial charge in [-0.1, -0.05) is 17.3 Å². The number of piperidine rings is 1. The van der Waals surface area contributed by atoms with Crippen LogP contribution in [0.15, 0.2) is 82.5 Å². The molecule has 0 saturated carbocycles. The minimum absolute atomic E-state index is 0.0599. The van der Waals surface area contributed by atoms with Crippen LogP contribution in [0.3, 0.4) is 0 Å². The number of aromatic nitrogens is 3. The molecule has 4 saturated heterocycles. The van der Waals surface area contributed by atoms with Gasteiger partial charge in [0, 0.05) is 87.0 Å². The van der Waals surface area contributed by atoms with Gasteiger partial charge in [0.25, 0.3) is 11.8 Å². The third kappa shape index (κ3) is 6.87. The Balaban J connectivity index is 0.784. The minimum atomic E-state index is -3.76. The zero-order valence-electron chi connectivity index (χ0n) is 33.4. The first-order valence-electron chi connectivity index (χ1n) is 20.5. The molecule has 5 aromatic rings. The number of carbonyl (C=O) groups excluding carboxylic acids is 3. The van der Waals surface area contributed by atoms with E-state index in [-0.39, 0.29) is 41.4 Å². The number of hydrogen-bond donors (Lipinski definition) is 1. The van der Waals surface area contributed by atoms with Gasteiger partial charge in [-0.15, -0.1) is 0 Å². The van der Waals surface area contributed by atoms with Crippen molar-refractivity contribution in [2.75, 3.05) is 67.6 Å². The number of fused-ring (bicyclic) bond motifs is 2. The Morgan fingerprint density at radius 1 is 0.950 bits per heavy atom. The molecule has 1 spiro atoms. The Morgan fingerprint density at radius 3 is 2.62 bits per heavy atom. The normalized spacial score (nSPS) is 23.6. The summed E-state index contributed by atoms with van der Waals surface area (Å²) in [6, 6.07) is 17.6. The van der Waals surface area contributed by atoms with Gasteiger partial charge >= 0.3 is 0 Å². The average molecular weight is 834 g/mol. The monoisotopic (exact) mass is 833 g/mol. The quantitative estimate of drug-likeness (QED) is 0.201. The fourth-order valence-electron chi connectivity index (χ4n) is 10.2. The molecule has 7 heterocycles. The lowest BCUT2D eigenvalue weighted by Gasteiger charge is -2.34. The highest BCUT2D eigenvalue weighted by atomic mass is 32.2. The van der Waals surface area contributed by atoms with Gasteiger partial charge in [-0.25, -0.2) is 18.5 Å². The number of amides is 3. The molecule has 2 N–H and O–H groups in total. The van der Waals surface area contributed by atoms with Crippen molar-refractivity contribution in [2.45, 2.75) is 56.1 Å². The standard InChI is InChI=1S/C43H47N9O7S/c1-58-36-18-29(24-50-14-3-13-45-50)19-37-39(36)40(46-59-37)52-38(53)9-8-35(42(52)55)51-25-30-6-7-32(21-34(30)41(51)54)48-15-10-28(23-48)22-47-16-11-43(26-47)12-17-49(27-43)31-4-2-5-33(20-31)60(44,56)57/h2-7,13-14,18-21,28,35H,8-12,15-17,22-27H2,1H3,(H2,44,56,57). The number of rotatable bonds is 10. The number of sulfonamides is 1. The molecule has 4 fully saturated rings. The number of nitrogens with two attached hydrogens (primary N) is 1. The first-order valence-corrected chi connectivity index (χ1v) is 22.1. The average Bonchev–Trinajstić information content (AvgIpc) is 4.11. The fourth-order valence-corrected chi connectivity index (χ4v) is 10.8. The molecular formula is C43H47N9O7S. The summed E-state index contributed by atoms with van der Waals surface area (Å²) in [5, 5.41) is 14.3. The van der Waals surface area contributed by atoms with Crippen LogP contribution in [-0.4, -0.2) is 110 Å². The van der Waals surface area contributed by atoms with Crippen molar-refractivity contribution >= 4 is 55.9 Å². The van der Waals surface area contributed by atoms with E-state index in [0.717, 1.165) is 92.5 Å². The zero-order chi connectivity index (χ0) is 41.3. The van der Waals surface area contributed by atoms with Crippen molar-refractivity contribution in [1.82, 2.24) is 24.7 Å². The molecule has 5 aliphatic heterocycles. The Bertz CT molecular complexity index is 2630. The molecular weight excluding hydrogens is 787 g/mol. The van der Waals surface area contributed by atoms with Crippen molar-refractivity contribution in [3.05, 3.63) is 89.7 Å². The van der Waals surface area contributed by atoms with Crippen molar-refractivity contribution < 1.29 is 32.1 Å². The summed E-state index contributed by atoms with van der Waals surface area (Å²) in [5.74, 6) is -0.185. The van der Waals surface area contributed by atoms with E-state index < -0.39 is 27.9 Å². The number of likely N-dealkylation sites (tertiary alicyclic amines) is 1. The van der Waals surface area contributed by atoms with E-state index in [1.165, 1.54) is 7.11 Å². The Kier molecular flexibility index (Phi) is 9.44. The molecule has 2 aromatic heterocycles. The molecule has 0 aliphatic carbocycles. The van der Waals surface area contributed by atoms with E-state index in [2.05, 4.69) is 31.0 Å². The molecule has 16 nitrogen and oxygen atoms in total. The summed E-state index contributed by atoms with van der Waals surface area (Å²) in [7, 11) is -2.25. The summed E-state index contributed by atoms with van der Waals surface area (Å²) in [5.41, 5.74) is 4.75. The first kappa shape index (κ1) is 38.4. The second kappa shape index (κ2) is 14.7. The maximum atomic E-state index is 14.2. The summed E-state index contributed by atoms with van der Waals surface area (Å²) >= 11 is 0. The lowest BCUT2D eigenvalue weighted by atomic mass is 9.86. The number of anilines is 3. The minimum Gasteiger partial charge on any atom is -0.496 e. The Morgan fingerprint density at radius 2 is 1.80 bits per heavy atom. The molecule has 3 unspecified atom stereocenters. The third-order valence-electron chi connectivity index (χ3n) is 13.2.